The molecule has 2 aromatic carbocycles. The molecule has 0 atom stereocenters. The summed E-state index contributed by atoms with van der Waals surface area (Å²) < 4.78 is 0. The van der Waals surface area contributed by atoms with Gasteiger partial charge in [-0.15, -0.1) is 0 Å². The van der Waals surface area contributed by atoms with Gasteiger partial charge in [-0.25, -0.2) is 0 Å². The number of guanidine groups is 1. The molecule has 1 amide bonds. The van der Waals surface area contributed by atoms with E-state index in [0.29, 0.717) is 25.3 Å². The third-order valence-corrected chi connectivity index (χ3v) is 4.80. The van der Waals surface area contributed by atoms with E-state index in [1.165, 1.54) is 22.3 Å². The molecular formula is C21H26N4O. The zero-order valence-electron chi connectivity index (χ0n) is 15.5. The minimum atomic E-state index is 0.178. The van der Waals surface area contributed by atoms with Crippen molar-refractivity contribution in [3.05, 3.63) is 64.7 Å². The fraction of sp³-hybridized carbons (Fsp3) is 0.333. The van der Waals surface area contributed by atoms with Crippen molar-refractivity contribution in [3.8, 4) is 0 Å². The highest BCUT2D eigenvalue weighted by Crippen LogP contribution is 2.22. The van der Waals surface area contributed by atoms with E-state index >= 15 is 0 Å². The van der Waals surface area contributed by atoms with Gasteiger partial charge in [0.1, 0.15) is 0 Å². The molecule has 0 spiro atoms. The Morgan fingerprint density at radius 1 is 1.12 bits per heavy atom. The van der Waals surface area contributed by atoms with Gasteiger partial charge in [-0.2, -0.15) is 0 Å². The van der Waals surface area contributed by atoms with Gasteiger partial charge in [-0.05, 0) is 54.7 Å². The third kappa shape index (κ3) is 4.42. The van der Waals surface area contributed by atoms with E-state index in [4.69, 9.17) is 5.73 Å². The number of amides is 1. The number of aliphatic imine (C=N–C) groups is 1. The van der Waals surface area contributed by atoms with Gasteiger partial charge in [-0.1, -0.05) is 30.3 Å². The first-order chi connectivity index (χ1) is 12.5. The summed E-state index contributed by atoms with van der Waals surface area (Å²) in [4.78, 5) is 18.6. The molecule has 0 saturated carbocycles. The second-order valence-electron chi connectivity index (χ2n) is 6.81. The molecule has 136 valence electrons. The SMILES string of the molecule is Cc1ccc(NC(N)=NCCCC(=O)N2Cc3ccccc3C2)cc1C. The van der Waals surface area contributed by atoms with Crippen LogP contribution in [-0.2, 0) is 17.9 Å². The molecule has 0 saturated heterocycles. The van der Waals surface area contributed by atoms with Crippen LogP contribution >= 0.6 is 0 Å². The van der Waals surface area contributed by atoms with E-state index in [1.807, 2.05) is 29.2 Å². The van der Waals surface area contributed by atoms with Crippen LogP contribution in [0, 0.1) is 13.8 Å². The molecule has 26 heavy (non-hydrogen) atoms. The van der Waals surface area contributed by atoms with Crippen molar-refractivity contribution in [2.45, 2.75) is 39.8 Å². The first-order valence-electron chi connectivity index (χ1n) is 9.01. The molecule has 1 aliphatic heterocycles. The van der Waals surface area contributed by atoms with Gasteiger partial charge < -0.3 is 16.0 Å². The highest BCUT2D eigenvalue weighted by atomic mass is 16.2. The average Bonchev–Trinajstić information content (AvgIpc) is 3.06. The number of aryl methyl sites for hydroxylation is 2. The average molecular weight is 350 g/mol. The standard InChI is InChI=1S/C21H26N4O/c1-15-9-10-19(12-16(15)2)24-21(22)23-11-5-8-20(26)25-13-17-6-3-4-7-18(17)14-25/h3-4,6-7,9-10,12H,5,8,11,13-14H2,1-2H3,(H3,22,23,24). The molecule has 0 aliphatic carbocycles. The zero-order valence-corrected chi connectivity index (χ0v) is 15.5. The highest BCUT2D eigenvalue weighted by Gasteiger charge is 2.22. The van der Waals surface area contributed by atoms with Crippen molar-refractivity contribution in [1.29, 1.82) is 0 Å². The number of carbonyl (C=O) groups excluding carboxylic acids is 1. The number of nitrogens with two attached hydrogens (primary N) is 1. The van der Waals surface area contributed by atoms with Crippen LogP contribution in [0.25, 0.3) is 0 Å². The van der Waals surface area contributed by atoms with Gasteiger partial charge in [0, 0.05) is 31.7 Å². The number of anilines is 1. The Hall–Kier alpha value is -2.82. The van der Waals surface area contributed by atoms with Crippen molar-refractivity contribution in [1.82, 2.24) is 4.90 Å². The molecule has 1 heterocycles. The minimum Gasteiger partial charge on any atom is -0.370 e. The van der Waals surface area contributed by atoms with E-state index in [9.17, 15) is 4.79 Å². The molecule has 0 fully saturated rings. The zero-order chi connectivity index (χ0) is 18.5. The lowest BCUT2D eigenvalue weighted by atomic mass is 10.1. The van der Waals surface area contributed by atoms with E-state index in [-0.39, 0.29) is 5.91 Å². The van der Waals surface area contributed by atoms with Crippen molar-refractivity contribution in [3.63, 3.8) is 0 Å². The fourth-order valence-electron chi connectivity index (χ4n) is 3.10. The van der Waals surface area contributed by atoms with Gasteiger partial charge >= 0.3 is 0 Å². The maximum atomic E-state index is 12.3. The van der Waals surface area contributed by atoms with E-state index in [1.54, 1.807) is 0 Å². The quantitative estimate of drug-likeness (QED) is 0.493. The van der Waals surface area contributed by atoms with Crippen LogP contribution in [-0.4, -0.2) is 23.3 Å². The number of carbonyl (C=O) groups is 1. The molecule has 0 unspecified atom stereocenters. The number of hydrogen-bond donors (Lipinski definition) is 2. The van der Waals surface area contributed by atoms with Crippen LogP contribution in [0.2, 0.25) is 0 Å². The Balaban J connectivity index is 1.42. The molecule has 0 radical (unpaired) electrons. The second-order valence-corrected chi connectivity index (χ2v) is 6.81. The topological polar surface area (TPSA) is 70.7 Å². The van der Waals surface area contributed by atoms with Crippen molar-refractivity contribution < 1.29 is 4.79 Å². The van der Waals surface area contributed by atoms with Gasteiger partial charge in [0.25, 0.3) is 0 Å². The van der Waals surface area contributed by atoms with Gasteiger partial charge in [0.15, 0.2) is 5.96 Å². The first kappa shape index (κ1) is 18.0. The number of nitrogens with zero attached hydrogens (tertiary/aromatic N) is 2. The maximum absolute atomic E-state index is 12.3. The summed E-state index contributed by atoms with van der Waals surface area (Å²) in [5.41, 5.74) is 11.8. The Labute approximate surface area is 154 Å². The number of fused-ring (bicyclic) bond motifs is 1. The lowest BCUT2D eigenvalue weighted by molar-refractivity contribution is -0.131. The first-order valence-corrected chi connectivity index (χ1v) is 9.01. The van der Waals surface area contributed by atoms with E-state index in [0.717, 1.165) is 18.8 Å². The van der Waals surface area contributed by atoms with Crippen LogP contribution < -0.4 is 11.1 Å². The summed E-state index contributed by atoms with van der Waals surface area (Å²) in [5.74, 6) is 0.561. The molecule has 5 heteroatoms. The lowest BCUT2D eigenvalue weighted by Crippen LogP contribution is -2.25. The summed E-state index contributed by atoms with van der Waals surface area (Å²) in [6, 6.07) is 14.3. The molecule has 3 N–H and O–H groups in total. The summed E-state index contributed by atoms with van der Waals surface area (Å²) in [7, 11) is 0. The molecule has 0 bridgehead atoms. The minimum absolute atomic E-state index is 0.178. The smallest absolute Gasteiger partial charge is 0.223 e. The lowest BCUT2D eigenvalue weighted by Gasteiger charge is -2.15. The van der Waals surface area contributed by atoms with Crippen molar-refractivity contribution in [2.75, 3.05) is 11.9 Å². The summed E-state index contributed by atoms with van der Waals surface area (Å²) in [5, 5.41) is 3.10. The maximum Gasteiger partial charge on any atom is 0.223 e. The Bertz CT molecular complexity index is 804. The van der Waals surface area contributed by atoms with Crippen molar-refractivity contribution in [2.24, 2.45) is 10.7 Å². The summed E-state index contributed by atoms with van der Waals surface area (Å²) in [6.07, 6.45) is 1.19. The van der Waals surface area contributed by atoms with Crippen LogP contribution in [0.3, 0.4) is 0 Å². The fourth-order valence-corrected chi connectivity index (χ4v) is 3.10. The Morgan fingerprint density at radius 2 is 1.81 bits per heavy atom. The molecule has 2 aromatic rings. The Morgan fingerprint density at radius 3 is 2.46 bits per heavy atom. The van der Waals surface area contributed by atoms with E-state index in [2.05, 4.69) is 42.4 Å². The second kappa shape index (κ2) is 8.04. The third-order valence-electron chi connectivity index (χ3n) is 4.80. The van der Waals surface area contributed by atoms with Crippen LogP contribution in [0.1, 0.15) is 35.1 Å². The van der Waals surface area contributed by atoms with Crippen molar-refractivity contribution >= 4 is 17.6 Å². The highest BCUT2D eigenvalue weighted by molar-refractivity contribution is 5.92. The molecule has 5 nitrogen and oxygen atoms in total. The number of rotatable bonds is 5. The number of hydrogen-bond acceptors (Lipinski definition) is 2. The van der Waals surface area contributed by atoms with E-state index < -0.39 is 0 Å². The van der Waals surface area contributed by atoms with Gasteiger partial charge in [-0.3, -0.25) is 9.79 Å². The Kier molecular flexibility index (Phi) is 5.56. The van der Waals surface area contributed by atoms with Gasteiger partial charge in [0.05, 0.1) is 0 Å². The summed E-state index contributed by atoms with van der Waals surface area (Å²) in [6.45, 7) is 6.11. The predicted molar refractivity (Wildman–Crippen MR) is 106 cm³/mol. The molecular weight excluding hydrogens is 324 g/mol. The van der Waals surface area contributed by atoms with Crippen LogP contribution in [0.5, 0.6) is 0 Å². The van der Waals surface area contributed by atoms with Crippen LogP contribution in [0.15, 0.2) is 47.5 Å². The monoisotopic (exact) mass is 350 g/mol. The molecule has 1 aliphatic rings. The number of nitrogens with one attached hydrogen (secondary N) is 1. The summed E-state index contributed by atoms with van der Waals surface area (Å²) >= 11 is 0. The van der Waals surface area contributed by atoms with Crippen LogP contribution in [0.4, 0.5) is 5.69 Å². The normalized spacial score (nSPS) is 13.6. The van der Waals surface area contributed by atoms with Gasteiger partial charge in [0.2, 0.25) is 5.91 Å². The molecule has 0 aromatic heterocycles. The largest absolute Gasteiger partial charge is 0.370 e. The predicted octanol–water partition coefficient (Wildman–Crippen LogP) is 3.35. The number of benzene rings is 2. The molecule has 3 rings (SSSR count).